The molecule has 7 nitrogen and oxygen atoms in total. The first-order valence-corrected chi connectivity index (χ1v) is 10.4. The number of benzene rings is 1. The maximum Gasteiger partial charge on any atom is 0.266 e. The number of methoxy groups -OCH3 is 1. The van der Waals surface area contributed by atoms with Crippen molar-refractivity contribution in [3.05, 3.63) is 53.5 Å². The van der Waals surface area contributed by atoms with Crippen molar-refractivity contribution in [3.63, 3.8) is 0 Å². The number of hydrogen-bond donors (Lipinski definition) is 1. The van der Waals surface area contributed by atoms with Gasteiger partial charge in [0.2, 0.25) is 5.91 Å². The maximum atomic E-state index is 12.6. The van der Waals surface area contributed by atoms with E-state index in [0.29, 0.717) is 15.8 Å². The second kappa shape index (κ2) is 10.2. The number of imidazole rings is 1. The van der Waals surface area contributed by atoms with Crippen LogP contribution in [0.3, 0.4) is 0 Å². The van der Waals surface area contributed by atoms with Crippen molar-refractivity contribution in [2.45, 2.75) is 19.4 Å². The minimum atomic E-state index is -0.163. The Kier molecular flexibility index (Phi) is 7.42. The van der Waals surface area contributed by atoms with Crippen molar-refractivity contribution in [3.8, 4) is 5.75 Å². The van der Waals surface area contributed by atoms with Gasteiger partial charge in [-0.25, -0.2) is 4.98 Å². The first-order valence-electron chi connectivity index (χ1n) is 9.18. The normalized spacial score (nSPS) is 15.2. The van der Waals surface area contributed by atoms with Gasteiger partial charge in [-0.1, -0.05) is 36.1 Å². The quantitative estimate of drug-likeness (QED) is 0.375. The predicted octanol–water partition coefficient (Wildman–Crippen LogP) is 2.69. The third kappa shape index (κ3) is 5.91. The van der Waals surface area contributed by atoms with E-state index in [-0.39, 0.29) is 24.8 Å². The van der Waals surface area contributed by atoms with Crippen LogP contribution in [0.5, 0.6) is 5.75 Å². The smallest absolute Gasteiger partial charge is 0.266 e. The second-order valence-corrected chi connectivity index (χ2v) is 8.04. The van der Waals surface area contributed by atoms with E-state index in [2.05, 4.69) is 10.3 Å². The minimum Gasteiger partial charge on any atom is -0.497 e. The highest BCUT2D eigenvalue weighted by Gasteiger charge is 2.32. The molecule has 152 valence electrons. The zero-order valence-electron chi connectivity index (χ0n) is 16.0. The molecule has 0 bridgehead atoms. The summed E-state index contributed by atoms with van der Waals surface area (Å²) < 4.78 is 7.57. The molecule has 0 spiro atoms. The number of hydrogen-bond acceptors (Lipinski definition) is 6. The van der Waals surface area contributed by atoms with Crippen LogP contribution in [0.2, 0.25) is 0 Å². The van der Waals surface area contributed by atoms with Crippen LogP contribution in [-0.4, -0.2) is 50.8 Å². The number of ether oxygens (including phenoxy) is 1. The molecule has 0 saturated carbocycles. The number of nitrogens with one attached hydrogen (secondary N) is 1. The Balaban J connectivity index is 1.45. The number of aryl methyl sites for hydroxylation is 1. The number of thioether (sulfide) groups is 1. The van der Waals surface area contributed by atoms with E-state index in [1.807, 2.05) is 35.0 Å². The molecule has 9 heteroatoms. The fourth-order valence-corrected chi connectivity index (χ4v) is 4.06. The lowest BCUT2D eigenvalue weighted by molar-refractivity contribution is -0.123. The number of thiocarbonyl (C=S) groups is 1. The highest BCUT2D eigenvalue weighted by molar-refractivity contribution is 8.26. The van der Waals surface area contributed by atoms with Crippen molar-refractivity contribution in [2.24, 2.45) is 0 Å². The summed E-state index contributed by atoms with van der Waals surface area (Å²) in [4.78, 5) is 30.7. The Labute approximate surface area is 179 Å². The molecular weight excluding hydrogens is 408 g/mol. The van der Waals surface area contributed by atoms with Crippen LogP contribution < -0.4 is 10.1 Å². The molecule has 2 amide bonds. The lowest BCUT2D eigenvalue weighted by Gasteiger charge is -2.14. The van der Waals surface area contributed by atoms with Gasteiger partial charge in [-0.3, -0.25) is 14.5 Å². The lowest BCUT2D eigenvalue weighted by atomic mass is 10.2. The molecule has 0 unspecified atom stereocenters. The van der Waals surface area contributed by atoms with Gasteiger partial charge in [0.1, 0.15) is 10.1 Å². The maximum absolute atomic E-state index is 12.6. The highest BCUT2D eigenvalue weighted by Crippen LogP contribution is 2.32. The largest absolute Gasteiger partial charge is 0.497 e. The molecule has 1 saturated heterocycles. The van der Waals surface area contributed by atoms with E-state index < -0.39 is 0 Å². The van der Waals surface area contributed by atoms with Crippen LogP contribution >= 0.6 is 24.0 Å². The van der Waals surface area contributed by atoms with Gasteiger partial charge < -0.3 is 14.6 Å². The van der Waals surface area contributed by atoms with Gasteiger partial charge >= 0.3 is 0 Å². The summed E-state index contributed by atoms with van der Waals surface area (Å²) in [6.07, 6.45) is 8.19. The molecule has 3 rings (SSSR count). The summed E-state index contributed by atoms with van der Waals surface area (Å²) in [5.41, 5.74) is 0.891. The summed E-state index contributed by atoms with van der Waals surface area (Å²) >= 11 is 6.58. The first-order chi connectivity index (χ1) is 14.1. The molecule has 1 N–H and O–H groups in total. The van der Waals surface area contributed by atoms with Crippen LogP contribution in [0.25, 0.3) is 6.08 Å². The van der Waals surface area contributed by atoms with Crippen molar-refractivity contribution < 1.29 is 14.3 Å². The molecule has 29 heavy (non-hydrogen) atoms. The van der Waals surface area contributed by atoms with Gasteiger partial charge in [-0.05, 0) is 30.2 Å². The Morgan fingerprint density at radius 3 is 2.79 bits per heavy atom. The van der Waals surface area contributed by atoms with E-state index in [9.17, 15) is 9.59 Å². The first kappa shape index (κ1) is 21.1. The van der Waals surface area contributed by atoms with Crippen LogP contribution in [-0.2, 0) is 16.1 Å². The summed E-state index contributed by atoms with van der Waals surface area (Å²) in [5, 5.41) is 2.87. The Morgan fingerprint density at radius 2 is 2.10 bits per heavy atom. The number of aromatic nitrogens is 2. The summed E-state index contributed by atoms with van der Waals surface area (Å²) in [6, 6.07) is 7.43. The zero-order valence-corrected chi connectivity index (χ0v) is 17.7. The van der Waals surface area contributed by atoms with E-state index in [0.717, 1.165) is 24.3 Å². The molecule has 1 aliphatic heterocycles. The third-order valence-electron chi connectivity index (χ3n) is 4.32. The molecule has 2 aromatic rings. The second-order valence-electron chi connectivity index (χ2n) is 6.36. The Hall–Kier alpha value is -2.65. The Bertz CT molecular complexity index is 895. The highest BCUT2D eigenvalue weighted by atomic mass is 32.2. The summed E-state index contributed by atoms with van der Waals surface area (Å²) in [7, 11) is 1.61. The molecule has 0 atom stereocenters. The monoisotopic (exact) mass is 430 g/mol. The molecule has 1 aromatic heterocycles. The van der Waals surface area contributed by atoms with Crippen LogP contribution in [0, 0.1) is 0 Å². The van der Waals surface area contributed by atoms with Crippen molar-refractivity contribution in [1.29, 1.82) is 0 Å². The predicted molar refractivity (Wildman–Crippen MR) is 117 cm³/mol. The number of amides is 2. The summed E-state index contributed by atoms with van der Waals surface area (Å²) in [6.45, 7) is 1.65. The zero-order chi connectivity index (χ0) is 20.6. The molecule has 1 aliphatic rings. The molecule has 1 aromatic carbocycles. The average Bonchev–Trinajstić information content (AvgIpc) is 3.33. The van der Waals surface area contributed by atoms with Crippen molar-refractivity contribution >= 4 is 46.2 Å². The molecule has 0 aliphatic carbocycles. The van der Waals surface area contributed by atoms with Gasteiger partial charge in [0.15, 0.2) is 0 Å². The molecule has 2 heterocycles. The molecular formula is C20H22N4O3S2. The number of nitrogens with zero attached hydrogens (tertiary/aromatic N) is 3. The third-order valence-corrected chi connectivity index (χ3v) is 5.70. The van der Waals surface area contributed by atoms with E-state index in [1.165, 1.54) is 16.7 Å². The van der Waals surface area contributed by atoms with Crippen LogP contribution in [0.15, 0.2) is 47.9 Å². The van der Waals surface area contributed by atoms with Crippen molar-refractivity contribution in [2.75, 3.05) is 20.2 Å². The molecule has 1 fully saturated rings. The van der Waals surface area contributed by atoms with E-state index in [4.69, 9.17) is 17.0 Å². The van der Waals surface area contributed by atoms with Gasteiger partial charge in [-0.15, -0.1) is 0 Å². The topological polar surface area (TPSA) is 76.5 Å². The number of carbonyl (C=O) groups is 2. The van der Waals surface area contributed by atoms with Gasteiger partial charge in [0.05, 0.1) is 18.3 Å². The van der Waals surface area contributed by atoms with Gasteiger partial charge in [-0.2, -0.15) is 0 Å². The fourth-order valence-electron chi connectivity index (χ4n) is 2.75. The van der Waals surface area contributed by atoms with Crippen molar-refractivity contribution in [1.82, 2.24) is 19.8 Å². The van der Waals surface area contributed by atoms with Crippen LogP contribution in [0.4, 0.5) is 0 Å². The SMILES string of the molecule is COc1ccc(/C=C2/SC(=S)N(CCC(=O)NCCCn3ccnc3)C2=O)cc1. The van der Waals surface area contributed by atoms with Gasteiger partial charge in [0, 0.05) is 38.4 Å². The lowest BCUT2D eigenvalue weighted by Crippen LogP contribution is -2.34. The average molecular weight is 431 g/mol. The van der Waals surface area contributed by atoms with Crippen LogP contribution in [0.1, 0.15) is 18.4 Å². The fraction of sp³-hybridized carbons (Fsp3) is 0.300. The summed E-state index contributed by atoms with van der Waals surface area (Å²) in [5.74, 6) is 0.498. The van der Waals surface area contributed by atoms with Gasteiger partial charge in [0.25, 0.3) is 5.91 Å². The minimum absolute atomic E-state index is 0.0937. The number of rotatable bonds is 9. The standard InChI is InChI=1S/C20H22N4O3S2/c1-27-16-5-3-15(4-6-16)13-17-19(26)24(20(28)29-17)11-7-18(25)22-8-2-10-23-12-9-21-14-23/h3-6,9,12-14H,2,7-8,10-11H2,1H3,(H,22,25)/b17-13+. The Morgan fingerprint density at radius 1 is 1.31 bits per heavy atom. The molecule has 0 radical (unpaired) electrons. The number of carbonyl (C=O) groups excluding carboxylic acids is 2. The van der Waals surface area contributed by atoms with E-state index in [1.54, 1.807) is 25.7 Å². The van der Waals surface area contributed by atoms with E-state index >= 15 is 0 Å².